The maximum absolute atomic E-state index is 12.0. The van der Waals surface area contributed by atoms with Crippen molar-refractivity contribution < 1.29 is 9.53 Å². The smallest absolute Gasteiger partial charge is 0.314 e. The van der Waals surface area contributed by atoms with Gasteiger partial charge in [-0.3, -0.25) is 4.79 Å². The van der Waals surface area contributed by atoms with E-state index in [1.54, 1.807) is 6.07 Å². The van der Waals surface area contributed by atoms with Gasteiger partial charge in [-0.2, -0.15) is 0 Å². The number of ether oxygens (including phenoxy) is 1. The molecule has 110 valence electrons. The lowest BCUT2D eigenvalue weighted by Crippen LogP contribution is -2.22. The molecule has 2 rings (SSSR count). The predicted octanol–water partition coefficient (Wildman–Crippen LogP) is 4.47. The van der Waals surface area contributed by atoms with Gasteiger partial charge in [-0.05, 0) is 23.8 Å². The second-order valence-corrected chi connectivity index (χ2v) is 5.81. The van der Waals surface area contributed by atoms with E-state index in [0.717, 1.165) is 15.7 Å². The van der Waals surface area contributed by atoms with Crippen LogP contribution in [0.5, 0.6) is 0 Å². The second-order valence-electron chi connectivity index (χ2n) is 4.49. The number of esters is 1. The molecule has 2 aromatic carbocycles. The molecule has 0 aromatic heterocycles. The van der Waals surface area contributed by atoms with Gasteiger partial charge >= 0.3 is 5.97 Å². The van der Waals surface area contributed by atoms with Crippen LogP contribution in [0.3, 0.4) is 0 Å². The highest BCUT2D eigenvalue weighted by Crippen LogP contribution is 2.27. The fourth-order valence-electron chi connectivity index (χ4n) is 2.01. The Bertz CT molecular complexity index is 619. The van der Waals surface area contributed by atoms with Gasteiger partial charge in [0, 0.05) is 11.0 Å². The number of methoxy groups -OCH3 is 1. The minimum atomic E-state index is -0.379. The molecule has 1 N–H and O–H groups in total. The molecular weight excluding hydrogens is 354 g/mol. The van der Waals surface area contributed by atoms with Gasteiger partial charge in [0.05, 0.1) is 23.7 Å². The standard InChI is InChI=1S/C16H15BrClNO2/c1-21-16(20)13(11-5-3-2-4-6-11)10-19-15-8-7-12(17)9-14(15)18/h2-9,13,19H,10H2,1H3. The number of anilines is 1. The van der Waals surface area contributed by atoms with Crippen LogP contribution in [0.4, 0.5) is 5.69 Å². The van der Waals surface area contributed by atoms with E-state index in [2.05, 4.69) is 21.2 Å². The molecule has 1 unspecified atom stereocenters. The molecule has 0 aliphatic rings. The van der Waals surface area contributed by atoms with Crippen molar-refractivity contribution in [3.63, 3.8) is 0 Å². The lowest BCUT2D eigenvalue weighted by Gasteiger charge is -2.17. The maximum Gasteiger partial charge on any atom is 0.314 e. The molecule has 0 bridgehead atoms. The van der Waals surface area contributed by atoms with Gasteiger partial charge in [-0.15, -0.1) is 0 Å². The minimum Gasteiger partial charge on any atom is -0.468 e. The van der Waals surface area contributed by atoms with Crippen molar-refractivity contribution in [1.29, 1.82) is 0 Å². The third-order valence-electron chi connectivity index (χ3n) is 3.12. The molecule has 5 heteroatoms. The van der Waals surface area contributed by atoms with E-state index in [1.807, 2.05) is 42.5 Å². The predicted molar refractivity (Wildman–Crippen MR) is 88.8 cm³/mol. The van der Waals surface area contributed by atoms with E-state index in [0.29, 0.717) is 11.6 Å². The zero-order chi connectivity index (χ0) is 15.2. The van der Waals surface area contributed by atoms with Crippen LogP contribution in [0.2, 0.25) is 5.02 Å². The molecule has 3 nitrogen and oxygen atoms in total. The molecule has 0 spiro atoms. The van der Waals surface area contributed by atoms with Crippen LogP contribution in [0.25, 0.3) is 0 Å². The molecule has 0 saturated heterocycles. The summed E-state index contributed by atoms with van der Waals surface area (Å²) in [6, 6.07) is 15.1. The first kappa shape index (κ1) is 15.9. The molecule has 0 radical (unpaired) electrons. The lowest BCUT2D eigenvalue weighted by atomic mass is 9.99. The first-order valence-electron chi connectivity index (χ1n) is 6.43. The van der Waals surface area contributed by atoms with Gasteiger partial charge in [0.15, 0.2) is 0 Å². The second kappa shape index (κ2) is 7.48. The largest absolute Gasteiger partial charge is 0.468 e. The Morgan fingerprint density at radius 2 is 2.00 bits per heavy atom. The zero-order valence-electron chi connectivity index (χ0n) is 11.5. The van der Waals surface area contributed by atoms with Crippen molar-refractivity contribution in [2.75, 3.05) is 19.0 Å². The summed E-state index contributed by atoms with van der Waals surface area (Å²) in [6.07, 6.45) is 0. The first-order valence-corrected chi connectivity index (χ1v) is 7.60. The van der Waals surface area contributed by atoms with E-state index < -0.39 is 0 Å². The molecule has 2 aromatic rings. The number of hydrogen-bond acceptors (Lipinski definition) is 3. The monoisotopic (exact) mass is 367 g/mol. The van der Waals surface area contributed by atoms with Gasteiger partial charge in [0.25, 0.3) is 0 Å². The van der Waals surface area contributed by atoms with Crippen LogP contribution in [0, 0.1) is 0 Å². The number of carbonyl (C=O) groups is 1. The van der Waals surface area contributed by atoms with Crippen molar-refractivity contribution in [3.05, 3.63) is 63.6 Å². The van der Waals surface area contributed by atoms with Crippen LogP contribution >= 0.6 is 27.5 Å². The Labute approximate surface area is 137 Å². The normalized spacial score (nSPS) is 11.8. The van der Waals surface area contributed by atoms with E-state index in [1.165, 1.54) is 7.11 Å². The van der Waals surface area contributed by atoms with E-state index in [4.69, 9.17) is 16.3 Å². The van der Waals surface area contributed by atoms with Gasteiger partial charge in [-0.1, -0.05) is 57.9 Å². The summed E-state index contributed by atoms with van der Waals surface area (Å²) >= 11 is 9.52. The number of rotatable bonds is 5. The number of halogens is 2. The lowest BCUT2D eigenvalue weighted by molar-refractivity contribution is -0.142. The first-order chi connectivity index (χ1) is 10.1. The molecule has 21 heavy (non-hydrogen) atoms. The van der Waals surface area contributed by atoms with Crippen molar-refractivity contribution in [2.45, 2.75) is 5.92 Å². The molecule has 0 amide bonds. The van der Waals surface area contributed by atoms with Crippen LogP contribution in [-0.2, 0) is 9.53 Å². The number of carbonyl (C=O) groups excluding carboxylic acids is 1. The van der Waals surface area contributed by atoms with Gasteiger partial charge < -0.3 is 10.1 Å². The highest BCUT2D eigenvalue weighted by atomic mass is 79.9. The maximum atomic E-state index is 12.0. The Morgan fingerprint density at radius 3 is 2.62 bits per heavy atom. The van der Waals surface area contributed by atoms with E-state index in [9.17, 15) is 4.79 Å². The highest BCUT2D eigenvalue weighted by molar-refractivity contribution is 9.10. The molecule has 1 atom stereocenters. The highest BCUT2D eigenvalue weighted by Gasteiger charge is 2.21. The number of hydrogen-bond donors (Lipinski definition) is 1. The Balaban J connectivity index is 2.15. The van der Waals surface area contributed by atoms with Crippen molar-refractivity contribution in [1.82, 2.24) is 0 Å². The summed E-state index contributed by atoms with van der Waals surface area (Å²) in [6.45, 7) is 0.415. The topological polar surface area (TPSA) is 38.3 Å². The minimum absolute atomic E-state index is 0.276. The molecule has 0 aliphatic carbocycles. The summed E-state index contributed by atoms with van der Waals surface area (Å²) < 4.78 is 5.79. The molecule has 0 aliphatic heterocycles. The molecule has 0 saturated carbocycles. The van der Waals surface area contributed by atoms with Crippen LogP contribution < -0.4 is 5.32 Å². The third-order valence-corrected chi connectivity index (χ3v) is 3.92. The Morgan fingerprint density at radius 1 is 1.29 bits per heavy atom. The van der Waals surface area contributed by atoms with Crippen molar-refractivity contribution >= 4 is 39.2 Å². The Hall–Kier alpha value is -1.52. The van der Waals surface area contributed by atoms with E-state index in [-0.39, 0.29) is 11.9 Å². The van der Waals surface area contributed by atoms with Crippen LogP contribution in [0.15, 0.2) is 53.0 Å². The zero-order valence-corrected chi connectivity index (χ0v) is 13.8. The molecular formula is C16H15BrClNO2. The summed E-state index contributed by atoms with van der Waals surface area (Å²) in [4.78, 5) is 12.0. The molecule has 0 fully saturated rings. The summed E-state index contributed by atoms with van der Waals surface area (Å²) in [5.41, 5.74) is 1.69. The fourth-order valence-corrected chi connectivity index (χ4v) is 2.75. The third kappa shape index (κ3) is 4.22. The van der Waals surface area contributed by atoms with Gasteiger partial charge in [-0.25, -0.2) is 0 Å². The quantitative estimate of drug-likeness (QED) is 0.791. The average molecular weight is 369 g/mol. The SMILES string of the molecule is COC(=O)C(CNc1ccc(Br)cc1Cl)c1ccccc1. The summed E-state index contributed by atoms with van der Waals surface area (Å²) in [5.74, 6) is -0.655. The number of nitrogens with one attached hydrogen (secondary N) is 1. The van der Waals surface area contributed by atoms with E-state index >= 15 is 0 Å². The van der Waals surface area contributed by atoms with Crippen LogP contribution in [0.1, 0.15) is 11.5 Å². The fraction of sp³-hybridized carbons (Fsp3) is 0.188. The van der Waals surface area contributed by atoms with Crippen molar-refractivity contribution in [3.8, 4) is 0 Å². The Kier molecular flexibility index (Phi) is 5.65. The van der Waals surface area contributed by atoms with Gasteiger partial charge in [0.1, 0.15) is 0 Å². The summed E-state index contributed by atoms with van der Waals surface area (Å²) in [5, 5.41) is 3.80. The summed E-state index contributed by atoms with van der Waals surface area (Å²) in [7, 11) is 1.39. The van der Waals surface area contributed by atoms with Crippen LogP contribution in [-0.4, -0.2) is 19.6 Å². The van der Waals surface area contributed by atoms with Gasteiger partial charge in [0.2, 0.25) is 0 Å². The number of benzene rings is 2. The van der Waals surface area contributed by atoms with Crippen molar-refractivity contribution in [2.24, 2.45) is 0 Å². The molecule has 0 heterocycles. The average Bonchev–Trinajstić information content (AvgIpc) is 2.50.